The molecule has 1 aromatic rings. The van der Waals surface area contributed by atoms with Gasteiger partial charge in [-0.2, -0.15) is 5.26 Å². The number of nitrogens with one attached hydrogen (secondary N) is 1. The zero-order chi connectivity index (χ0) is 13.9. The van der Waals surface area contributed by atoms with E-state index < -0.39 is 15.8 Å². The molecular formula is C12H13FN2O3S. The molecule has 1 fully saturated rings. The third kappa shape index (κ3) is 3.29. The second kappa shape index (κ2) is 5.65. The maximum Gasteiger partial charge on any atom is 0.240 e. The molecule has 5 nitrogen and oxygen atoms in total. The third-order valence-electron chi connectivity index (χ3n) is 2.95. The molecule has 19 heavy (non-hydrogen) atoms. The summed E-state index contributed by atoms with van der Waals surface area (Å²) in [6.07, 6.45) is 0.815. The zero-order valence-electron chi connectivity index (χ0n) is 10.1. The van der Waals surface area contributed by atoms with Crippen molar-refractivity contribution in [2.45, 2.75) is 11.3 Å². The summed E-state index contributed by atoms with van der Waals surface area (Å²) < 4.78 is 44.7. The number of rotatable bonds is 4. The van der Waals surface area contributed by atoms with Crippen molar-refractivity contribution >= 4 is 10.0 Å². The molecule has 0 amide bonds. The van der Waals surface area contributed by atoms with E-state index in [9.17, 15) is 12.8 Å². The average Bonchev–Trinajstić information content (AvgIpc) is 2.90. The van der Waals surface area contributed by atoms with Crippen LogP contribution >= 0.6 is 0 Å². The number of halogens is 1. The van der Waals surface area contributed by atoms with Crippen LogP contribution in [0.15, 0.2) is 23.1 Å². The summed E-state index contributed by atoms with van der Waals surface area (Å²) in [5.74, 6) is -0.573. The van der Waals surface area contributed by atoms with Gasteiger partial charge in [0.25, 0.3) is 0 Å². The van der Waals surface area contributed by atoms with Crippen molar-refractivity contribution in [1.82, 2.24) is 4.72 Å². The smallest absolute Gasteiger partial charge is 0.240 e. The van der Waals surface area contributed by atoms with Gasteiger partial charge in [0.1, 0.15) is 11.9 Å². The van der Waals surface area contributed by atoms with Crippen LogP contribution in [0.25, 0.3) is 0 Å². The molecule has 2 rings (SSSR count). The van der Waals surface area contributed by atoms with Crippen LogP contribution in [-0.2, 0) is 14.8 Å². The Bertz CT molecular complexity index is 604. The van der Waals surface area contributed by atoms with E-state index in [0.29, 0.717) is 13.2 Å². The summed E-state index contributed by atoms with van der Waals surface area (Å²) >= 11 is 0. The lowest BCUT2D eigenvalue weighted by Crippen LogP contribution is -2.29. The van der Waals surface area contributed by atoms with E-state index in [1.807, 2.05) is 0 Å². The highest BCUT2D eigenvalue weighted by molar-refractivity contribution is 7.89. The molecule has 1 saturated heterocycles. The molecule has 1 aliphatic heterocycles. The Hall–Kier alpha value is -1.49. The van der Waals surface area contributed by atoms with Crippen LogP contribution in [0.3, 0.4) is 0 Å². The molecule has 0 radical (unpaired) electrons. The molecule has 1 atom stereocenters. The van der Waals surface area contributed by atoms with Gasteiger partial charge in [-0.25, -0.2) is 17.5 Å². The van der Waals surface area contributed by atoms with E-state index in [4.69, 9.17) is 10.00 Å². The van der Waals surface area contributed by atoms with Crippen molar-refractivity contribution in [3.05, 3.63) is 29.6 Å². The number of nitriles is 1. The highest BCUT2D eigenvalue weighted by Crippen LogP contribution is 2.16. The predicted molar refractivity (Wildman–Crippen MR) is 65.2 cm³/mol. The Labute approximate surface area is 111 Å². The normalized spacial score (nSPS) is 19.3. The maximum atomic E-state index is 13.1. The average molecular weight is 284 g/mol. The van der Waals surface area contributed by atoms with E-state index in [-0.39, 0.29) is 22.9 Å². The van der Waals surface area contributed by atoms with Crippen molar-refractivity contribution < 1.29 is 17.5 Å². The van der Waals surface area contributed by atoms with Crippen molar-refractivity contribution in [3.8, 4) is 6.07 Å². The Morgan fingerprint density at radius 1 is 1.53 bits per heavy atom. The summed E-state index contributed by atoms with van der Waals surface area (Å²) in [6, 6.07) is 4.77. The standard InChI is InChI=1S/C12H13FN2O3S/c13-12-2-1-11(5-10(12)6-14)19(16,17)15-7-9-3-4-18-8-9/h1-2,5,9,15H,3-4,7-8H2. The fraction of sp³-hybridized carbons (Fsp3) is 0.417. The molecule has 0 spiro atoms. The Balaban J connectivity index is 2.12. The van der Waals surface area contributed by atoms with Gasteiger partial charge < -0.3 is 4.74 Å². The van der Waals surface area contributed by atoms with Gasteiger partial charge in [-0.3, -0.25) is 0 Å². The van der Waals surface area contributed by atoms with Gasteiger partial charge in [-0.15, -0.1) is 0 Å². The second-order valence-electron chi connectivity index (χ2n) is 4.33. The number of ether oxygens (including phenoxy) is 1. The van der Waals surface area contributed by atoms with E-state index >= 15 is 0 Å². The summed E-state index contributed by atoms with van der Waals surface area (Å²) in [5.41, 5.74) is -0.285. The molecule has 1 aliphatic rings. The lowest BCUT2D eigenvalue weighted by molar-refractivity contribution is 0.186. The van der Waals surface area contributed by atoms with Crippen LogP contribution in [0.1, 0.15) is 12.0 Å². The summed E-state index contributed by atoms with van der Waals surface area (Å²) in [6.45, 7) is 1.46. The van der Waals surface area contributed by atoms with Crippen LogP contribution in [0, 0.1) is 23.1 Å². The van der Waals surface area contributed by atoms with Crippen molar-refractivity contribution in [2.75, 3.05) is 19.8 Å². The lowest BCUT2D eigenvalue weighted by Gasteiger charge is -2.10. The first-order chi connectivity index (χ1) is 9.03. The van der Waals surface area contributed by atoms with E-state index in [1.54, 1.807) is 6.07 Å². The molecule has 0 aromatic heterocycles. The van der Waals surface area contributed by atoms with E-state index in [0.717, 1.165) is 24.6 Å². The molecule has 1 heterocycles. The quantitative estimate of drug-likeness (QED) is 0.895. The van der Waals surface area contributed by atoms with Gasteiger partial charge in [0.15, 0.2) is 0 Å². The molecular weight excluding hydrogens is 271 g/mol. The number of benzene rings is 1. The van der Waals surface area contributed by atoms with Crippen molar-refractivity contribution in [1.29, 1.82) is 5.26 Å². The number of hydrogen-bond donors (Lipinski definition) is 1. The molecule has 1 aromatic carbocycles. The van der Waals surface area contributed by atoms with Gasteiger partial charge in [0.2, 0.25) is 10.0 Å². The highest BCUT2D eigenvalue weighted by Gasteiger charge is 2.21. The lowest BCUT2D eigenvalue weighted by atomic mass is 10.1. The molecule has 0 saturated carbocycles. The molecule has 1 N–H and O–H groups in total. The SMILES string of the molecule is N#Cc1cc(S(=O)(=O)NCC2CCOC2)ccc1F. The predicted octanol–water partition coefficient (Wildman–Crippen LogP) is 1.01. The topological polar surface area (TPSA) is 79.2 Å². The molecule has 1 unspecified atom stereocenters. The number of sulfonamides is 1. The summed E-state index contributed by atoms with van der Waals surface area (Å²) in [7, 11) is -3.72. The molecule has 102 valence electrons. The highest BCUT2D eigenvalue weighted by atomic mass is 32.2. The minimum absolute atomic E-state index is 0.107. The fourth-order valence-corrected chi connectivity index (χ4v) is 2.95. The van der Waals surface area contributed by atoms with Gasteiger partial charge in [0.05, 0.1) is 17.1 Å². The fourth-order valence-electron chi connectivity index (χ4n) is 1.81. The first-order valence-corrected chi connectivity index (χ1v) is 7.28. The monoisotopic (exact) mass is 284 g/mol. The van der Waals surface area contributed by atoms with Crippen LogP contribution < -0.4 is 4.72 Å². The Morgan fingerprint density at radius 3 is 2.95 bits per heavy atom. The first-order valence-electron chi connectivity index (χ1n) is 5.80. The minimum Gasteiger partial charge on any atom is -0.381 e. The third-order valence-corrected chi connectivity index (χ3v) is 4.38. The Morgan fingerprint density at radius 2 is 2.32 bits per heavy atom. The zero-order valence-corrected chi connectivity index (χ0v) is 10.9. The van der Waals surface area contributed by atoms with Crippen molar-refractivity contribution in [2.24, 2.45) is 5.92 Å². The number of hydrogen-bond acceptors (Lipinski definition) is 4. The first kappa shape index (κ1) is 13.9. The molecule has 0 bridgehead atoms. The van der Waals surface area contributed by atoms with Crippen molar-refractivity contribution in [3.63, 3.8) is 0 Å². The van der Waals surface area contributed by atoms with Crippen LogP contribution in [0.4, 0.5) is 4.39 Å². The molecule has 7 heteroatoms. The second-order valence-corrected chi connectivity index (χ2v) is 6.10. The summed E-state index contributed by atoms with van der Waals surface area (Å²) in [4.78, 5) is -0.107. The van der Waals surface area contributed by atoms with Gasteiger partial charge in [0, 0.05) is 13.2 Å². The molecule has 0 aliphatic carbocycles. The van der Waals surface area contributed by atoms with Crippen LogP contribution in [-0.4, -0.2) is 28.2 Å². The maximum absolute atomic E-state index is 13.1. The largest absolute Gasteiger partial charge is 0.381 e. The van der Waals surface area contributed by atoms with Crippen LogP contribution in [0.2, 0.25) is 0 Å². The minimum atomic E-state index is -3.72. The summed E-state index contributed by atoms with van der Waals surface area (Å²) in [5, 5.41) is 8.69. The van der Waals surface area contributed by atoms with Gasteiger partial charge in [-0.05, 0) is 30.5 Å². The van der Waals surface area contributed by atoms with E-state index in [1.165, 1.54) is 0 Å². The van der Waals surface area contributed by atoms with E-state index in [2.05, 4.69) is 4.72 Å². The Kier molecular flexibility index (Phi) is 4.14. The van der Waals surface area contributed by atoms with Gasteiger partial charge >= 0.3 is 0 Å². The van der Waals surface area contributed by atoms with Gasteiger partial charge in [-0.1, -0.05) is 0 Å². The number of nitrogens with zero attached hydrogens (tertiary/aromatic N) is 1. The van der Waals surface area contributed by atoms with Crippen LogP contribution in [0.5, 0.6) is 0 Å².